The van der Waals surface area contributed by atoms with Gasteiger partial charge in [-0.25, -0.2) is 9.78 Å². The van der Waals surface area contributed by atoms with Crippen molar-refractivity contribution in [1.29, 1.82) is 0 Å². The molecule has 0 aliphatic heterocycles. The highest BCUT2D eigenvalue weighted by molar-refractivity contribution is 5.69. The predicted molar refractivity (Wildman–Crippen MR) is 83.5 cm³/mol. The lowest BCUT2D eigenvalue weighted by molar-refractivity contribution is 0.459. The van der Waals surface area contributed by atoms with Crippen LogP contribution in [0, 0.1) is 5.92 Å². The van der Waals surface area contributed by atoms with Gasteiger partial charge in [-0.1, -0.05) is 33.1 Å². The molecule has 0 saturated carbocycles. The van der Waals surface area contributed by atoms with E-state index in [9.17, 15) is 9.59 Å². The lowest BCUT2D eigenvalue weighted by Gasteiger charge is -2.10. The Balaban J connectivity index is 2.26. The normalized spacial score (nSPS) is 13.0. The van der Waals surface area contributed by atoms with Gasteiger partial charge in [0.05, 0.1) is 6.33 Å². The fourth-order valence-corrected chi connectivity index (χ4v) is 2.56. The van der Waals surface area contributed by atoms with Crippen LogP contribution in [0.25, 0.3) is 11.2 Å². The van der Waals surface area contributed by atoms with Crippen molar-refractivity contribution in [2.24, 2.45) is 20.0 Å². The third kappa shape index (κ3) is 2.94. The molecule has 0 N–H and O–H groups in total. The van der Waals surface area contributed by atoms with Gasteiger partial charge < -0.3 is 4.57 Å². The van der Waals surface area contributed by atoms with Crippen molar-refractivity contribution in [2.75, 3.05) is 0 Å². The third-order valence-electron chi connectivity index (χ3n) is 4.23. The number of aryl methyl sites for hydroxylation is 2. The fraction of sp³-hybridized carbons (Fsp3) is 0.667. The molecule has 2 aromatic rings. The number of unbranched alkanes of at least 4 members (excludes halogenated alkanes) is 1. The molecule has 0 saturated heterocycles. The van der Waals surface area contributed by atoms with E-state index in [0.717, 1.165) is 19.3 Å². The quantitative estimate of drug-likeness (QED) is 0.761. The van der Waals surface area contributed by atoms with Crippen LogP contribution in [0.15, 0.2) is 15.9 Å². The number of hydrogen-bond acceptors (Lipinski definition) is 3. The van der Waals surface area contributed by atoms with E-state index in [1.54, 1.807) is 25.0 Å². The van der Waals surface area contributed by atoms with E-state index in [1.807, 2.05) is 0 Å². The average Bonchev–Trinajstić information content (AvgIpc) is 2.86. The fourth-order valence-electron chi connectivity index (χ4n) is 2.56. The Morgan fingerprint density at radius 1 is 1.24 bits per heavy atom. The second-order valence-electron chi connectivity index (χ2n) is 5.84. The average molecular weight is 292 g/mol. The van der Waals surface area contributed by atoms with Crippen molar-refractivity contribution in [2.45, 2.75) is 46.1 Å². The molecule has 2 aromatic heterocycles. The van der Waals surface area contributed by atoms with Gasteiger partial charge in [0.15, 0.2) is 11.2 Å². The van der Waals surface area contributed by atoms with Crippen molar-refractivity contribution < 1.29 is 0 Å². The molecule has 2 heterocycles. The second-order valence-corrected chi connectivity index (χ2v) is 5.84. The van der Waals surface area contributed by atoms with E-state index in [2.05, 4.69) is 18.8 Å². The number of nitrogens with zero attached hydrogens (tertiary/aromatic N) is 4. The summed E-state index contributed by atoms with van der Waals surface area (Å²) in [6.45, 7) is 4.89. The van der Waals surface area contributed by atoms with Gasteiger partial charge in [0, 0.05) is 20.6 Å². The highest BCUT2D eigenvalue weighted by Crippen LogP contribution is 2.11. The maximum atomic E-state index is 12.5. The second kappa shape index (κ2) is 6.28. The number of rotatable bonds is 6. The number of aromatic nitrogens is 4. The molecule has 2 rings (SSSR count). The van der Waals surface area contributed by atoms with Gasteiger partial charge in [0.2, 0.25) is 0 Å². The summed E-state index contributed by atoms with van der Waals surface area (Å²) in [7, 11) is 3.43. The molecule has 0 aliphatic rings. The van der Waals surface area contributed by atoms with Crippen LogP contribution in [0.2, 0.25) is 0 Å². The molecule has 0 aromatic carbocycles. The first-order valence-electron chi connectivity index (χ1n) is 7.58. The molecule has 0 aliphatic carbocycles. The van der Waals surface area contributed by atoms with Crippen LogP contribution in [0.1, 0.15) is 39.5 Å². The number of imidazole rings is 1. The van der Waals surface area contributed by atoms with Gasteiger partial charge in [-0.2, -0.15) is 0 Å². The summed E-state index contributed by atoms with van der Waals surface area (Å²) in [6.07, 6.45) is 5.76. The lowest BCUT2D eigenvalue weighted by Crippen LogP contribution is -2.39. The third-order valence-corrected chi connectivity index (χ3v) is 4.23. The molecule has 0 amide bonds. The lowest BCUT2D eigenvalue weighted by atomic mass is 10.0. The van der Waals surface area contributed by atoms with Crippen molar-refractivity contribution in [3.63, 3.8) is 0 Å². The van der Waals surface area contributed by atoms with Crippen LogP contribution in [0.4, 0.5) is 0 Å². The predicted octanol–water partition coefficient (Wildman–Crippen LogP) is 1.65. The van der Waals surface area contributed by atoms with Crippen LogP contribution in [-0.2, 0) is 20.6 Å². The maximum Gasteiger partial charge on any atom is 0.332 e. The Bertz CT molecular complexity index is 738. The Labute approximate surface area is 124 Å². The number of fused-ring (bicyclic) bond motifs is 1. The zero-order valence-electron chi connectivity index (χ0n) is 13.3. The van der Waals surface area contributed by atoms with Crippen LogP contribution in [-0.4, -0.2) is 18.7 Å². The van der Waals surface area contributed by atoms with Gasteiger partial charge in [-0.15, -0.1) is 0 Å². The zero-order valence-corrected chi connectivity index (χ0v) is 13.3. The first kappa shape index (κ1) is 15.5. The molecule has 6 heteroatoms. The van der Waals surface area contributed by atoms with Crippen LogP contribution >= 0.6 is 0 Å². The molecular weight excluding hydrogens is 268 g/mol. The van der Waals surface area contributed by atoms with E-state index in [4.69, 9.17) is 0 Å². The molecule has 0 fully saturated rings. The Hall–Kier alpha value is -1.85. The van der Waals surface area contributed by atoms with Crippen molar-refractivity contribution >= 4 is 11.2 Å². The highest BCUT2D eigenvalue weighted by atomic mass is 16.2. The van der Waals surface area contributed by atoms with Gasteiger partial charge in [-0.3, -0.25) is 13.9 Å². The molecular formula is C15H24N4O2. The van der Waals surface area contributed by atoms with E-state index in [0.29, 0.717) is 23.6 Å². The summed E-state index contributed by atoms with van der Waals surface area (Å²) in [6, 6.07) is 0. The first-order valence-corrected chi connectivity index (χ1v) is 7.58. The summed E-state index contributed by atoms with van der Waals surface area (Å²) in [4.78, 5) is 28.9. The molecule has 1 unspecified atom stereocenters. The van der Waals surface area contributed by atoms with E-state index < -0.39 is 0 Å². The minimum atomic E-state index is -0.283. The van der Waals surface area contributed by atoms with E-state index >= 15 is 0 Å². The van der Waals surface area contributed by atoms with E-state index in [-0.39, 0.29) is 11.2 Å². The summed E-state index contributed by atoms with van der Waals surface area (Å²) < 4.78 is 4.46. The molecule has 0 bridgehead atoms. The Morgan fingerprint density at radius 3 is 2.62 bits per heavy atom. The largest absolute Gasteiger partial charge is 0.332 e. The highest BCUT2D eigenvalue weighted by Gasteiger charge is 2.14. The Morgan fingerprint density at radius 2 is 1.95 bits per heavy atom. The molecule has 1 atom stereocenters. The van der Waals surface area contributed by atoms with Crippen molar-refractivity contribution in [1.82, 2.24) is 18.7 Å². The maximum absolute atomic E-state index is 12.5. The van der Waals surface area contributed by atoms with Gasteiger partial charge in [0.25, 0.3) is 5.56 Å². The molecule has 0 radical (unpaired) electrons. The molecule has 116 valence electrons. The molecule has 21 heavy (non-hydrogen) atoms. The molecule has 0 spiro atoms. The first-order chi connectivity index (χ1) is 9.97. The summed E-state index contributed by atoms with van der Waals surface area (Å²) in [5.41, 5.74) is 0.411. The number of hydrogen-bond donors (Lipinski definition) is 0. The van der Waals surface area contributed by atoms with Crippen LogP contribution in [0.3, 0.4) is 0 Å². The van der Waals surface area contributed by atoms with Crippen LogP contribution < -0.4 is 11.2 Å². The minimum absolute atomic E-state index is 0.239. The summed E-state index contributed by atoms with van der Waals surface area (Å²) in [5.74, 6) is 0.698. The zero-order chi connectivity index (χ0) is 15.6. The SMILES string of the molecule is CCC(C)CCCCn1c(=O)c2c(ncn2C)n(C)c1=O. The Kier molecular flexibility index (Phi) is 4.65. The summed E-state index contributed by atoms with van der Waals surface area (Å²) >= 11 is 0. The standard InChI is InChI=1S/C15H24N4O2/c1-5-11(2)8-6-7-9-19-14(20)12-13(16-10-17(12)3)18(4)15(19)21/h10-11H,5-9H2,1-4H3. The monoisotopic (exact) mass is 292 g/mol. The topological polar surface area (TPSA) is 61.8 Å². The smallest absolute Gasteiger partial charge is 0.328 e. The van der Waals surface area contributed by atoms with E-state index in [1.165, 1.54) is 15.6 Å². The van der Waals surface area contributed by atoms with Gasteiger partial charge in [0.1, 0.15) is 0 Å². The van der Waals surface area contributed by atoms with Gasteiger partial charge in [-0.05, 0) is 12.3 Å². The van der Waals surface area contributed by atoms with Gasteiger partial charge >= 0.3 is 5.69 Å². The van der Waals surface area contributed by atoms with Crippen LogP contribution in [0.5, 0.6) is 0 Å². The summed E-state index contributed by atoms with van der Waals surface area (Å²) in [5, 5.41) is 0. The van der Waals surface area contributed by atoms with Crippen molar-refractivity contribution in [3.8, 4) is 0 Å². The van der Waals surface area contributed by atoms with Crippen molar-refractivity contribution in [3.05, 3.63) is 27.2 Å². The minimum Gasteiger partial charge on any atom is -0.328 e. The molecule has 6 nitrogen and oxygen atoms in total.